The zero-order valence-corrected chi connectivity index (χ0v) is 18.6. The van der Waals surface area contributed by atoms with Crippen molar-refractivity contribution in [3.8, 4) is 11.5 Å². The van der Waals surface area contributed by atoms with E-state index in [1.165, 1.54) is 31.5 Å². The van der Waals surface area contributed by atoms with Crippen LogP contribution in [0, 0.1) is 0 Å². The van der Waals surface area contributed by atoms with Crippen LogP contribution in [0.25, 0.3) is 6.08 Å². The molecule has 0 bridgehead atoms. The van der Waals surface area contributed by atoms with E-state index in [4.69, 9.17) is 9.47 Å². The van der Waals surface area contributed by atoms with Gasteiger partial charge >= 0.3 is 0 Å². The zero-order chi connectivity index (χ0) is 23.0. The number of rotatable bonds is 9. The van der Waals surface area contributed by atoms with Gasteiger partial charge in [-0.05, 0) is 48.0 Å². The fourth-order valence-electron chi connectivity index (χ4n) is 3.13. The molecule has 0 saturated heterocycles. The Labute approximate surface area is 187 Å². The fraction of sp³-hybridized carbons (Fsp3) is 0.167. The number of benzene rings is 2. The summed E-state index contributed by atoms with van der Waals surface area (Å²) in [6.07, 6.45) is 5.97. The van der Waals surface area contributed by atoms with Crippen molar-refractivity contribution >= 4 is 21.8 Å². The fourth-order valence-corrected chi connectivity index (χ4v) is 4.80. The zero-order valence-electron chi connectivity index (χ0n) is 17.8. The first-order valence-electron chi connectivity index (χ1n) is 9.82. The molecule has 1 N–H and O–H groups in total. The maximum atomic E-state index is 13.3. The van der Waals surface area contributed by atoms with Crippen LogP contribution in [0.5, 0.6) is 11.5 Å². The molecule has 1 heterocycles. The Morgan fingerprint density at radius 3 is 2.50 bits per heavy atom. The Balaban J connectivity index is 1.80. The molecule has 0 aliphatic carbocycles. The van der Waals surface area contributed by atoms with E-state index in [0.717, 1.165) is 0 Å². The van der Waals surface area contributed by atoms with Crippen molar-refractivity contribution < 1.29 is 22.7 Å². The van der Waals surface area contributed by atoms with Crippen molar-refractivity contribution in [3.63, 3.8) is 0 Å². The molecule has 32 heavy (non-hydrogen) atoms. The standard InChI is InChI=1S/C24H24N2O5S/c1-30-20-11-12-22(31-2)18(15-20)10-13-24(27)26-17-23(19-7-6-14-25-16-19)32(28,29)21-8-4-3-5-9-21/h3-16,23H,17H2,1-2H3,(H,26,27)/b13-10+. The van der Waals surface area contributed by atoms with Gasteiger partial charge in [0.2, 0.25) is 5.91 Å². The maximum Gasteiger partial charge on any atom is 0.244 e. The molecule has 2 aromatic carbocycles. The topological polar surface area (TPSA) is 94.6 Å². The summed E-state index contributed by atoms with van der Waals surface area (Å²) in [6.45, 7) is -0.110. The van der Waals surface area contributed by atoms with Crippen molar-refractivity contribution in [1.29, 1.82) is 0 Å². The smallest absolute Gasteiger partial charge is 0.244 e. The van der Waals surface area contributed by atoms with Gasteiger partial charge in [-0.2, -0.15) is 0 Å². The quantitative estimate of drug-likeness (QED) is 0.500. The highest BCUT2D eigenvalue weighted by atomic mass is 32.2. The summed E-state index contributed by atoms with van der Waals surface area (Å²) in [5.74, 6) is 0.762. The lowest BCUT2D eigenvalue weighted by atomic mass is 10.1. The number of nitrogens with one attached hydrogen (secondary N) is 1. The Kier molecular flexibility index (Phi) is 7.62. The molecule has 0 spiro atoms. The molecule has 7 nitrogen and oxygen atoms in total. The van der Waals surface area contributed by atoms with Crippen LogP contribution in [0.4, 0.5) is 0 Å². The minimum absolute atomic E-state index is 0.110. The summed E-state index contributed by atoms with van der Waals surface area (Å²) >= 11 is 0. The summed E-state index contributed by atoms with van der Waals surface area (Å²) in [5, 5.41) is 1.70. The highest BCUT2D eigenvalue weighted by Gasteiger charge is 2.29. The molecule has 1 aromatic heterocycles. The van der Waals surface area contributed by atoms with E-state index in [1.54, 1.807) is 67.9 Å². The Bertz CT molecular complexity index is 1180. The SMILES string of the molecule is COc1ccc(OC)c(/C=C/C(=O)NCC(c2cccnc2)S(=O)(=O)c2ccccc2)c1. The van der Waals surface area contributed by atoms with Crippen molar-refractivity contribution in [2.45, 2.75) is 10.1 Å². The van der Waals surface area contributed by atoms with Crippen molar-refractivity contribution in [2.75, 3.05) is 20.8 Å². The third kappa shape index (κ3) is 5.53. The Hall–Kier alpha value is -3.65. The van der Waals surface area contributed by atoms with E-state index >= 15 is 0 Å². The first-order valence-corrected chi connectivity index (χ1v) is 11.4. The second-order valence-electron chi connectivity index (χ2n) is 6.82. The first-order chi connectivity index (χ1) is 15.5. The first kappa shape index (κ1) is 23.0. The number of hydrogen-bond donors (Lipinski definition) is 1. The third-order valence-electron chi connectivity index (χ3n) is 4.82. The van der Waals surface area contributed by atoms with Crippen LogP contribution in [0.1, 0.15) is 16.4 Å². The summed E-state index contributed by atoms with van der Waals surface area (Å²) in [4.78, 5) is 16.7. The minimum Gasteiger partial charge on any atom is -0.497 e. The summed E-state index contributed by atoms with van der Waals surface area (Å²) in [6, 6.07) is 16.7. The van der Waals surface area contributed by atoms with E-state index in [2.05, 4.69) is 10.3 Å². The van der Waals surface area contributed by atoms with Crippen molar-refractivity contribution in [2.24, 2.45) is 0 Å². The molecule has 8 heteroatoms. The number of nitrogens with zero attached hydrogens (tertiary/aromatic N) is 1. The maximum absolute atomic E-state index is 13.3. The van der Waals surface area contributed by atoms with Crippen LogP contribution in [0.3, 0.4) is 0 Å². The average Bonchev–Trinajstić information content (AvgIpc) is 2.83. The van der Waals surface area contributed by atoms with E-state index in [-0.39, 0.29) is 11.4 Å². The molecule has 3 rings (SSSR count). The molecule has 1 unspecified atom stereocenters. The Morgan fingerprint density at radius 2 is 1.84 bits per heavy atom. The highest BCUT2D eigenvalue weighted by molar-refractivity contribution is 7.91. The summed E-state index contributed by atoms with van der Waals surface area (Å²) < 4.78 is 37.0. The summed E-state index contributed by atoms with van der Waals surface area (Å²) in [5.41, 5.74) is 1.15. The number of aromatic nitrogens is 1. The monoisotopic (exact) mass is 452 g/mol. The molecule has 1 amide bonds. The lowest BCUT2D eigenvalue weighted by Crippen LogP contribution is -2.31. The summed E-state index contributed by atoms with van der Waals surface area (Å²) in [7, 11) is -0.669. The van der Waals surface area contributed by atoms with Gasteiger partial charge in [0.15, 0.2) is 9.84 Å². The van der Waals surface area contributed by atoms with E-state index in [1.807, 2.05) is 0 Å². The normalized spacial score (nSPS) is 12.3. The lowest BCUT2D eigenvalue weighted by molar-refractivity contribution is -0.116. The van der Waals surface area contributed by atoms with E-state index in [9.17, 15) is 13.2 Å². The second-order valence-corrected chi connectivity index (χ2v) is 8.95. The molecule has 0 radical (unpaired) electrons. The number of pyridine rings is 1. The van der Waals surface area contributed by atoms with Gasteiger partial charge in [-0.3, -0.25) is 9.78 Å². The number of hydrogen-bond acceptors (Lipinski definition) is 6. The number of methoxy groups -OCH3 is 2. The molecule has 0 aliphatic heterocycles. The van der Waals surface area contributed by atoms with E-state index < -0.39 is 21.0 Å². The number of amides is 1. The number of sulfone groups is 1. The molecule has 0 aliphatic rings. The van der Waals surface area contributed by atoms with Crippen LogP contribution in [0.15, 0.2) is 84.0 Å². The van der Waals surface area contributed by atoms with Gasteiger partial charge in [0.05, 0.1) is 19.1 Å². The average molecular weight is 453 g/mol. The third-order valence-corrected chi connectivity index (χ3v) is 6.93. The number of carbonyl (C=O) groups excluding carboxylic acids is 1. The van der Waals surface area contributed by atoms with Crippen LogP contribution in [0.2, 0.25) is 0 Å². The van der Waals surface area contributed by atoms with Gasteiger partial charge in [0.1, 0.15) is 16.7 Å². The molecule has 0 saturated carbocycles. The van der Waals surface area contributed by atoms with Gasteiger partial charge < -0.3 is 14.8 Å². The van der Waals surface area contributed by atoms with Crippen LogP contribution in [-0.2, 0) is 14.6 Å². The van der Waals surface area contributed by atoms with Gasteiger partial charge in [-0.15, -0.1) is 0 Å². The molecular formula is C24H24N2O5S. The predicted molar refractivity (Wildman–Crippen MR) is 122 cm³/mol. The van der Waals surface area contributed by atoms with Gasteiger partial charge in [-0.25, -0.2) is 8.42 Å². The highest BCUT2D eigenvalue weighted by Crippen LogP contribution is 2.28. The number of ether oxygens (including phenoxy) is 2. The van der Waals surface area contributed by atoms with Crippen molar-refractivity contribution in [3.05, 3.63) is 90.3 Å². The van der Waals surface area contributed by atoms with Crippen molar-refractivity contribution in [1.82, 2.24) is 10.3 Å². The Morgan fingerprint density at radius 1 is 1.06 bits per heavy atom. The molecule has 1 atom stereocenters. The lowest BCUT2D eigenvalue weighted by Gasteiger charge is -2.18. The molecule has 3 aromatic rings. The van der Waals surface area contributed by atoms with Crippen LogP contribution in [-0.4, -0.2) is 40.1 Å². The van der Waals surface area contributed by atoms with Crippen LogP contribution < -0.4 is 14.8 Å². The van der Waals surface area contributed by atoms with Gasteiger partial charge in [-0.1, -0.05) is 24.3 Å². The number of carbonyl (C=O) groups is 1. The molecule has 166 valence electrons. The van der Waals surface area contributed by atoms with E-state index in [0.29, 0.717) is 22.6 Å². The van der Waals surface area contributed by atoms with Crippen LogP contribution >= 0.6 is 0 Å². The largest absolute Gasteiger partial charge is 0.497 e. The predicted octanol–water partition coefficient (Wildman–Crippen LogP) is 3.44. The molecular weight excluding hydrogens is 428 g/mol. The molecule has 0 fully saturated rings. The minimum atomic E-state index is -3.75. The van der Waals surface area contributed by atoms with Gasteiger partial charge in [0, 0.05) is 30.6 Å². The second kappa shape index (κ2) is 10.6. The van der Waals surface area contributed by atoms with Gasteiger partial charge in [0.25, 0.3) is 0 Å².